The summed E-state index contributed by atoms with van der Waals surface area (Å²) < 4.78 is 5.50. The number of rotatable bonds is 7. The lowest BCUT2D eigenvalue weighted by atomic mass is 9.98. The van der Waals surface area contributed by atoms with Crippen molar-refractivity contribution in [3.05, 3.63) is 106 Å². The summed E-state index contributed by atoms with van der Waals surface area (Å²) in [4.78, 5) is 22.5. The molecule has 1 aliphatic carbocycles. The first kappa shape index (κ1) is 20.3. The predicted octanol–water partition coefficient (Wildman–Crippen LogP) is 5.54. The maximum absolute atomic E-state index is 12.1. The highest BCUT2D eigenvalue weighted by molar-refractivity contribution is 5.79. The number of benzene rings is 3. The fourth-order valence-electron chi connectivity index (χ4n) is 3.87. The largest absolute Gasteiger partial charge is 0.449 e. The van der Waals surface area contributed by atoms with Crippen LogP contribution in [-0.4, -0.2) is 24.2 Å². The summed E-state index contributed by atoms with van der Waals surface area (Å²) in [7, 11) is 0. The van der Waals surface area contributed by atoms with Crippen molar-refractivity contribution in [3.63, 3.8) is 0 Å². The molecular weight excluding hydrogens is 392 g/mol. The molecular formula is C25H22N2O4. The van der Waals surface area contributed by atoms with Gasteiger partial charge >= 0.3 is 6.09 Å². The quantitative estimate of drug-likeness (QED) is 0.313. The minimum atomic E-state index is -0.453. The number of fused-ring (bicyclic) bond motifs is 3. The molecule has 6 nitrogen and oxygen atoms in total. The molecule has 0 fully saturated rings. The van der Waals surface area contributed by atoms with Crippen molar-refractivity contribution in [2.24, 2.45) is 0 Å². The Hall–Kier alpha value is -3.93. The molecule has 0 bridgehead atoms. The first-order valence-electron chi connectivity index (χ1n) is 10.1. The third-order valence-electron chi connectivity index (χ3n) is 5.32. The van der Waals surface area contributed by atoms with Crippen molar-refractivity contribution >= 4 is 17.9 Å². The minimum absolute atomic E-state index is 0.0342. The highest BCUT2D eigenvalue weighted by Gasteiger charge is 2.28. The smallest absolute Gasteiger partial charge is 0.407 e. The van der Waals surface area contributed by atoms with Gasteiger partial charge in [0, 0.05) is 24.6 Å². The summed E-state index contributed by atoms with van der Waals surface area (Å²) in [5.74, 6) is 0.0342. The van der Waals surface area contributed by atoms with E-state index in [2.05, 4.69) is 29.6 Å². The van der Waals surface area contributed by atoms with Crippen molar-refractivity contribution in [2.45, 2.75) is 12.3 Å². The number of nitrogens with zero attached hydrogens (tertiary/aromatic N) is 1. The molecule has 4 rings (SSSR count). The van der Waals surface area contributed by atoms with Gasteiger partial charge in [-0.25, -0.2) is 4.79 Å². The maximum Gasteiger partial charge on any atom is 0.407 e. The lowest BCUT2D eigenvalue weighted by molar-refractivity contribution is -0.384. The second-order valence-corrected chi connectivity index (χ2v) is 7.30. The Balaban J connectivity index is 1.27. The zero-order chi connectivity index (χ0) is 21.6. The van der Waals surface area contributed by atoms with Gasteiger partial charge in [0.25, 0.3) is 5.69 Å². The number of nitro benzene ring substituents is 1. The van der Waals surface area contributed by atoms with Crippen molar-refractivity contribution in [3.8, 4) is 11.1 Å². The number of amides is 1. The van der Waals surface area contributed by atoms with Crippen molar-refractivity contribution in [1.82, 2.24) is 5.32 Å². The molecule has 0 atom stereocenters. The number of ether oxygens (including phenoxy) is 1. The molecule has 0 heterocycles. The standard InChI is InChI=1S/C25H22N2O4/c28-25(26-15-6-5-8-18-9-7-10-19(16-18)27(29)30)31-17-24-22-13-3-1-11-20(22)21-12-2-4-14-23(21)24/h1-5,7-14,16,24H,6,15,17H2,(H,26,28). The van der Waals surface area contributed by atoms with Gasteiger partial charge in [0.1, 0.15) is 6.61 Å². The van der Waals surface area contributed by atoms with Gasteiger partial charge in [-0.15, -0.1) is 0 Å². The van der Waals surface area contributed by atoms with E-state index in [4.69, 9.17) is 4.74 Å². The normalized spacial score (nSPS) is 12.4. The van der Waals surface area contributed by atoms with Crippen LogP contribution in [0.4, 0.5) is 10.5 Å². The summed E-state index contributed by atoms with van der Waals surface area (Å²) in [6.45, 7) is 0.700. The molecule has 1 N–H and O–H groups in total. The molecule has 3 aromatic carbocycles. The van der Waals surface area contributed by atoms with Crippen LogP contribution in [0.3, 0.4) is 0 Å². The van der Waals surface area contributed by atoms with E-state index in [1.807, 2.05) is 30.3 Å². The highest BCUT2D eigenvalue weighted by atomic mass is 16.6. The lowest BCUT2D eigenvalue weighted by Gasteiger charge is -2.14. The minimum Gasteiger partial charge on any atom is -0.449 e. The molecule has 31 heavy (non-hydrogen) atoms. The molecule has 0 saturated heterocycles. The van der Waals surface area contributed by atoms with E-state index in [0.717, 1.165) is 5.56 Å². The van der Waals surface area contributed by atoms with Gasteiger partial charge in [0.2, 0.25) is 0 Å². The summed E-state index contributed by atoms with van der Waals surface area (Å²) in [6, 6.07) is 22.8. The Morgan fingerprint density at radius 3 is 2.35 bits per heavy atom. The Labute approximate surface area is 180 Å². The topological polar surface area (TPSA) is 81.5 Å². The molecule has 0 saturated carbocycles. The van der Waals surface area contributed by atoms with Gasteiger partial charge in [-0.2, -0.15) is 0 Å². The summed E-state index contributed by atoms with van der Waals surface area (Å²) in [5, 5.41) is 13.6. The fraction of sp³-hybridized carbons (Fsp3) is 0.160. The third kappa shape index (κ3) is 4.64. The molecule has 0 unspecified atom stereocenters. The van der Waals surface area contributed by atoms with E-state index in [1.165, 1.54) is 34.4 Å². The second kappa shape index (κ2) is 9.26. The lowest BCUT2D eigenvalue weighted by Crippen LogP contribution is -2.26. The Morgan fingerprint density at radius 2 is 1.68 bits per heavy atom. The molecule has 6 heteroatoms. The summed E-state index contributed by atoms with van der Waals surface area (Å²) in [5.41, 5.74) is 5.54. The van der Waals surface area contributed by atoms with Crippen molar-refractivity contribution in [1.29, 1.82) is 0 Å². The van der Waals surface area contributed by atoms with E-state index in [9.17, 15) is 14.9 Å². The summed E-state index contributed by atoms with van der Waals surface area (Å²) in [6.07, 6.45) is 3.80. The van der Waals surface area contributed by atoms with E-state index < -0.39 is 11.0 Å². The van der Waals surface area contributed by atoms with Gasteiger partial charge in [-0.3, -0.25) is 10.1 Å². The molecule has 0 aliphatic heterocycles. The van der Waals surface area contributed by atoms with Crippen LogP contribution in [0.15, 0.2) is 78.9 Å². The first-order valence-corrected chi connectivity index (χ1v) is 10.1. The van der Waals surface area contributed by atoms with Crippen molar-refractivity contribution in [2.75, 3.05) is 13.2 Å². The SMILES string of the molecule is O=C(NCCC=Cc1cccc([N+](=O)[O-])c1)OCC1c2ccccc2-c2ccccc21. The third-order valence-corrected chi connectivity index (χ3v) is 5.32. The average molecular weight is 414 g/mol. The number of carbonyl (C=O) groups excluding carboxylic acids is 1. The number of hydrogen-bond acceptors (Lipinski definition) is 4. The van der Waals surface area contributed by atoms with Crippen molar-refractivity contribution < 1.29 is 14.5 Å². The number of hydrogen-bond donors (Lipinski definition) is 1. The first-order chi connectivity index (χ1) is 15.1. The van der Waals surface area contributed by atoms with Crippen LogP contribution in [0.5, 0.6) is 0 Å². The molecule has 0 radical (unpaired) electrons. The maximum atomic E-state index is 12.1. The Kier molecular flexibility index (Phi) is 6.08. The monoisotopic (exact) mass is 414 g/mol. The van der Waals surface area contributed by atoms with Crippen LogP contribution >= 0.6 is 0 Å². The van der Waals surface area contributed by atoms with Crippen LogP contribution in [0.1, 0.15) is 29.0 Å². The van der Waals surface area contributed by atoms with E-state index in [1.54, 1.807) is 18.2 Å². The van der Waals surface area contributed by atoms with Crippen LogP contribution < -0.4 is 5.32 Å². The molecule has 1 aliphatic rings. The van der Waals surface area contributed by atoms with Gasteiger partial charge in [0.05, 0.1) is 4.92 Å². The van der Waals surface area contributed by atoms with Crippen LogP contribution in [0, 0.1) is 10.1 Å². The average Bonchev–Trinajstić information content (AvgIpc) is 3.11. The van der Waals surface area contributed by atoms with E-state index >= 15 is 0 Å². The van der Waals surface area contributed by atoms with Gasteiger partial charge < -0.3 is 10.1 Å². The number of carbonyl (C=O) groups is 1. The van der Waals surface area contributed by atoms with Crippen LogP contribution in [0.25, 0.3) is 17.2 Å². The fourth-order valence-corrected chi connectivity index (χ4v) is 3.87. The highest BCUT2D eigenvalue weighted by Crippen LogP contribution is 2.44. The second-order valence-electron chi connectivity index (χ2n) is 7.30. The molecule has 1 amide bonds. The van der Waals surface area contributed by atoms with Crippen LogP contribution in [0.2, 0.25) is 0 Å². The molecule has 0 spiro atoms. The van der Waals surface area contributed by atoms with Gasteiger partial charge in [-0.1, -0.05) is 72.8 Å². The number of nitro groups is 1. The number of alkyl carbamates (subject to hydrolysis) is 1. The predicted molar refractivity (Wildman–Crippen MR) is 120 cm³/mol. The molecule has 3 aromatic rings. The zero-order valence-electron chi connectivity index (χ0n) is 16.9. The number of non-ortho nitro benzene ring substituents is 1. The summed E-state index contributed by atoms with van der Waals surface area (Å²) >= 11 is 0. The number of nitrogens with one attached hydrogen (secondary N) is 1. The van der Waals surface area contributed by atoms with Gasteiger partial charge in [0.15, 0.2) is 0 Å². The van der Waals surface area contributed by atoms with Gasteiger partial charge in [-0.05, 0) is 34.2 Å². The van der Waals surface area contributed by atoms with Crippen LogP contribution in [-0.2, 0) is 4.74 Å². The van der Waals surface area contributed by atoms with E-state index in [-0.39, 0.29) is 18.2 Å². The molecule has 0 aromatic heterocycles. The Bertz CT molecular complexity index is 1090. The molecule has 156 valence electrons. The zero-order valence-corrected chi connectivity index (χ0v) is 16.9. The van der Waals surface area contributed by atoms with E-state index in [0.29, 0.717) is 13.0 Å². The Morgan fingerprint density at radius 1 is 1.00 bits per heavy atom.